The van der Waals surface area contributed by atoms with Crippen molar-refractivity contribution in [2.24, 2.45) is 4.99 Å². The van der Waals surface area contributed by atoms with Crippen molar-refractivity contribution in [2.45, 2.75) is 13.8 Å². The van der Waals surface area contributed by atoms with Gasteiger partial charge in [0.25, 0.3) is 0 Å². The van der Waals surface area contributed by atoms with E-state index in [1.807, 2.05) is 26.0 Å². The van der Waals surface area contributed by atoms with E-state index in [2.05, 4.69) is 21.3 Å². The van der Waals surface area contributed by atoms with Crippen molar-refractivity contribution >= 4 is 11.5 Å². The number of hydrogen-bond acceptors (Lipinski definition) is 3. The predicted molar refractivity (Wildman–Crippen MR) is 67.2 cm³/mol. The maximum Gasteiger partial charge on any atom is 0.155 e. The second-order valence-electron chi connectivity index (χ2n) is 3.88. The summed E-state index contributed by atoms with van der Waals surface area (Å²) in [6.07, 6.45) is 1.74. The van der Waals surface area contributed by atoms with E-state index >= 15 is 0 Å². The fraction of sp³-hybridized carbons (Fsp3) is 0.154. The third-order valence-corrected chi connectivity index (χ3v) is 2.28. The van der Waals surface area contributed by atoms with Gasteiger partial charge < -0.3 is 0 Å². The van der Waals surface area contributed by atoms with Crippen LogP contribution >= 0.6 is 0 Å². The average Bonchev–Trinajstić information content (AvgIpc) is 2.76. The van der Waals surface area contributed by atoms with Gasteiger partial charge in [-0.15, -0.1) is 0 Å². The highest BCUT2D eigenvalue weighted by molar-refractivity contribution is 5.84. The largest absolute Gasteiger partial charge is 0.261 e. The van der Waals surface area contributed by atoms with Gasteiger partial charge in [0.15, 0.2) is 5.82 Å². The number of aliphatic imine (C=N–C) groups is 1. The van der Waals surface area contributed by atoms with Crippen LogP contribution in [0.4, 0.5) is 5.82 Å². The molecule has 0 atom stereocenters. The molecule has 0 radical (unpaired) electrons. The Morgan fingerprint density at radius 3 is 2.59 bits per heavy atom. The maximum absolute atomic E-state index is 8.74. The van der Waals surface area contributed by atoms with Crippen LogP contribution in [-0.4, -0.2) is 15.9 Å². The summed E-state index contributed by atoms with van der Waals surface area (Å²) in [6, 6.07) is 9.46. The average molecular weight is 224 g/mol. The van der Waals surface area contributed by atoms with Gasteiger partial charge in [-0.25, -0.2) is 4.99 Å². The minimum Gasteiger partial charge on any atom is -0.261 e. The number of nitriles is 1. The van der Waals surface area contributed by atoms with E-state index in [0.717, 1.165) is 22.7 Å². The van der Waals surface area contributed by atoms with Crippen molar-refractivity contribution in [3.05, 3.63) is 36.0 Å². The van der Waals surface area contributed by atoms with Crippen molar-refractivity contribution in [2.75, 3.05) is 0 Å². The summed E-state index contributed by atoms with van der Waals surface area (Å²) in [5, 5.41) is 15.6. The Morgan fingerprint density at radius 2 is 2.00 bits per heavy atom. The molecule has 0 saturated heterocycles. The third kappa shape index (κ3) is 2.40. The summed E-state index contributed by atoms with van der Waals surface area (Å²) in [4.78, 5) is 4.37. The summed E-state index contributed by atoms with van der Waals surface area (Å²) in [6.45, 7) is 3.87. The van der Waals surface area contributed by atoms with Crippen molar-refractivity contribution in [3.8, 4) is 17.2 Å². The standard InChI is InChI=1S/C13H12N4/c1-9(2)16-13-12(8-15-17-13)11-5-3-10(7-14)4-6-11/h3-6,8H,1-2H3,(H,15,17). The molecule has 1 N–H and O–H groups in total. The van der Waals surface area contributed by atoms with E-state index in [0.29, 0.717) is 5.56 Å². The van der Waals surface area contributed by atoms with Gasteiger partial charge in [-0.3, -0.25) is 5.10 Å². The molecular formula is C13H12N4. The smallest absolute Gasteiger partial charge is 0.155 e. The Morgan fingerprint density at radius 1 is 1.29 bits per heavy atom. The van der Waals surface area contributed by atoms with Crippen LogP contribution < -0.4 is 0 Å². The molecule has 0 bridgehead atoms. The van der Waals surface area contributed by atoms with Crippen LogP contribution in [0.15, 0.2) is 35.5 Å². The first-order chi connectivity index (χ1) is 8.20. The molecule has 0 amide bonds. The number of nitrogens with one attached hydrogen (secondary N) is 1. The Balaban J connectivity index is 2.43. The van der Waals surface area contributed by atoms with Crippen molar-refractivity contribution in [1.82, 2.24) is 10.2 Å². The lowest BCUT2D eigenvalue weighted by Crippen LogP contribution is -1.81. The molecule has 1 aromatic heterocycles. The van der Waals surface area contributed by atoms with E-state index in [-0.39, 0.29) is 0 Å². The molecule has 4 heteroatoms. The van der Waals surface area contributed by atoms with Crippen molar-refractivity contribution in [3.63, 3.8) is 0 Å². The second kappa shape index (κ2) is 4.62. The van der Waals surface area contributed by atoms with E-state index in [1.165, 1.54) is 0 Å². The van der Waals surface area contributed by atoms with E-state index in [1.54, 1.807) is 18.3 Å². The number of aromatic nitrogens is 2. The molecule has 0 saturated carbocycles. The first-order valence-corrected chi connectivity index (χ1v) is 5.26. The normalized spacial score (nSPS) is 9.71. The van der Waals surface area contributed by atoms with Gasteiger partial charge in [0, 0.05) is 11.3 Å². The second-order valence-corrected chi connectivity index (χ2v) is 3.88. The van der Waals surface area contributed by atoms with E-state index < -0.39 is 0 Å². The zero-order valence-electron chi connectivity index (χ0n) is 9.73. The monoisotopic (exact) mass is 224 g/mol. The lowest BCUT2D eigenvalue weighted by atomic mass is 10.1. The van der Waals surface area contributed by atoms with Gasteiger partial charge in [-0.2, -0.15) is 10.4 Å². The number of H-pyrrole nitrogens is 1. The van der Waals surface area contributed by atoms with Crippen LogP contribution in [0.2, 0.25) is 0 Å². The molecule has 1 aromatic carbocycles. The van der Waals surface area contributed by atoms with Crippen LogP contribution in [0.1, 0.15) is 19.4 Å². The van der Waals surface area contributed by atoms with Crippen molar-refractivity contribution in [1.29, 1.82) is 5.26 Å². The fourth-order valence-electron chi connectivity index (χ4n) is 1.52. The van der Waals surface area contributed by atoms with Crippen LogP contribution in [0.25, 0.3) is 11.1 Å². The van der Waals surface area contributed by atoms with Gasteiger partial charge >= 0.3 is 0 Å². The maximum atomic E-state index is 8.74. The topological polar surface area (TPSA) is 64.8 Å². The molecule has 2 aromatic rings. The Labute approximate surface area is 99.6 Å². The van der Waals surface area contributed by atoms with Gasteiger partial charge in [-0.05, 0) is 31.5 Å². The van der Waals surface area contributed by atoms with Gasteiger partial charge in [-0.1, -0.05) is 12.1 Å². The first-order valence-electron chi connectivity index (χ1n) is 5.26. The minimum atomic E-state index is 0.647. The molecule has 17 heavy (non-hydrogen) atoms. The molecule has 4 nitrogen and oxygen atoms in total. The molecule has 0 fully saturated rings. The summed E-state index contributed by atoms with van der Waals surface area (Å²) in [5.41, 5.74) is 3.55. The van der Waals surface area contributed by atoms with Crippen LogP contribution in [0.3, 0.4) is 0 Å². The Hall–Kier alpha value is -2.41. The molecule has 84 valence electrons. The fourth-order valence-corrected chi connectivity index (χ4v) is 1.52. The highest BCUT2D eigenvalue weighted by Crippen LogP contribution is 2.28. The van der Waals surface area contributed by atoms with Gasteiger partial charge in [0.1, 0.15) is 0 Å². The number of rotatable bonds is 2. The molecule has 0 aliphatic rings. The molecule has 0 unspecified atom stereocenters. The Bertz CT molecular complexity index is 581. The molecule has 2 rings (SSSR count). The summed E-state index contributed by atoms with van der Waals surface area (Å²) in [5.74, 6) is 0.745. The van der Waals surface area contributed by atoms with E-state index in [4.69, 9.17) is 5.26 Å². The molecule has 0 spiro atoms. The number of aromatic amines is 1. The summed E-state index contributed by atoms with van der Waals surface area (Å²) >= 11 is 0. The van der Waals surface area contributed by atoms with E-state index in [9.17, 15) is 0 Å². The SMILES string of the molecule is CC(C)=Nc1[nH]ncc1-c1ccc(C#N)cc1. The number of hydrogen-bond donors (Lipinski definition) is 1. The van der Waals surface area contributed by atoms with Gasteiger partial charge in [0.05, 0.1) is 17.8 Å². The summed E-state index contributed by atoms with van der Waals surface area (Å²) in [7, 11) is 0. The lowest BCUT2D eigenvalue weighted by Gasteiger charge is -1.99. The molecular weight excluding hydrogens is 212 g/mol. The first kappa shape index (κ1) is 11.1. The van der Waals surface area contributed by atoms with Crippen LogP contribution in [-0.2, 0) is 0 Å². The number of benzene rings is 1. The van der Waals surface area contributed by atoms with Crippen LogP contribution in [0.5, 0.6) is 0 Å². The van der Waals surface area contributed by atoms with Crippen LogP contribution in [0, 0.1) is 11.3 Å². The molecule has 1 heterocycles. The van der Waals surface area contributed by atoms with Gasteiger partial charge in [0.2, 0.25) is 0 Å². The quantitative estimate of drug-likeness (QED) is 0.797. The minimum absolute atomic E-state index is 0.647. The third-order valence-electron chi connectivity index (χ3n) is 2.28. The Kier molecular flexibility index (Phi) is 3.01. The zero-order chi connectivity index (χ0) is 12.3. The highest BCUT2D eigenvalue weighted by Gasteiger charge is 2.06. The zero-order valence-corrected chi connectivity index (χ0v) is 9.73. The highest BCUT2D eigenvalue weighted by atomic mass is 15.2. The molecule has 0 aliphatic heterocycles. The van der Waals surface area contributed by atoms with Crippen molar-refractivity contribution < 1.29 is 0 Å². The predicted octanol–water partition coefficient (Wildman–Crippen LogP) is 3.06. The molecule has 0 aliphatic carbocycles. The summed E-state index contributed by atoms with van der Waals surface area (Å²) < 4.78 is 0. The number of nitrogens with zero attached hydrogens (tertiary/aromatic N) is 3. The lowest BCUT2D eigenvalue weighted by molar-refractivity contribution is 1.08.